The number of amides is 1. The van der Waals surface area contributed by atoms with Gasteiger partial charge in [-0.3, -0.25) is 9.69 Å². The van der Waals surface area contributed by atoms with Gasteiger partial charge in [-0.05, 0) is 49.8 Å². The number of fused-ring (bicyclic) bond motifs is 2. The van der Waals surface area contributed by atoms with E-state index in [2.05, 4.69) is 39.8 Å². The highest BCUT2D eigenvalue weighted by Gasteiger charge is 2.35. The average Bonchev–Trinajstić information content (AvgIpc) is 3.02. The molecular weight excluding hydrogens is 345 g/mol. The van der Waals surface area contributed by atoms with E-state index in [0.717, 1.165) is 38.9 Å². The van der Waals surface area contributed by atoms with E-state index in [1.54, 1.807) is 0 Å². The number of aryl methyl sites for hydroxylation is 1. The van der Waals surface area contributed by atoms with E-state index >= 15 is 0 Å². The Morgan fingerprint density at radius 2 is 2.00 bits per heavy atom. The number of nitrogens with one attached hydrogen (secondary N) is 2. The van der Waals surface area contributed by atoms with Crippen molar-refractivity contribution in [2.75, 3.05) is 19.6 Å². The fraction of sp³-hybridized carbons (Fsp3) is 0.611. The maximum Gasteiger partial charge on any atom is 0.238 e. The molecule has 0 saturated carbocycles. The fourth-order valence-electron chi connectivity index (χ4n) is 4.30. The third-order valence-electron chi connectivity index (χ3n) is 5.52. The molecule has 3 aliphatic rings. The van der Waals surface area contributed by atoms with Crippen molar-refractivity contribution < 1.29 is 4.79 Å². The summed E-state index contributed by atoms with van der Waals surface area (Å²) in [6.07, 6.45) is 5.91. The van der Waals surface area contributed by atoms with E-state index in [1.807, 2.05) is 0 Å². The van der Waals surface area contributed by atoms with E-state index in [-0.39, 0.29) is 42.8 Å². The van der Waals surface area contributed by atoms with Crippen LogP contribution in [0.25, 0.3) is 0 Å². The molecule has 1 amide bonds. The molecule has 1 aromatic rings. The number of carbonyl (C=O) groups is 1. The van der Waals surface area contributed by atoms with Gasteiger partial charge in [-0.2, -0.15) is 0 Å². The summed E-state index contributed by atoms with van der Waals surface area (Å²) >= 11 is 0. The van der Waals surface area contributed by atoms with Gasteiger partial charge in [-0.15, -0.1) is 24.8 Å². The lowest BCUT2D eigenvalue weighted by Crippen LogP contribution is -2.59. The number of hydrogen-bond acceptors (Lipinski definition) is 3. The van der Waals surface area contributed by atoms with E-state index in [0.29, 0.717) is 6.04 Å². The molecule has 0 radical (unpaired) electrons. The second-order valence-electron chi connectivity index (χ2n) is 6.90. The van der Waals surface area contributed by atoms with Crippen molar-refractivity contribution in [1.29, 1.82) is 0 Å². The highest BCUT2D eigenvalue weighted by atomic mass is 35.5. The minimum atomic E-state index is -0.0524. The molecule has 0 bridgehead atoms. The lowest BCUT2D eigenvalue weighted by molar-refractivity contribution is -0.125. The van der Waals surface area contributed by atoms with Gasteiger partial charge in [-0.25, -0.2) is 0 Å². The minimum Gasteiger partial charge on any atom is -0.348 e. The lowest BCUT2D eigenvalue weighted by Gasteiger charge is -2.36. The Kier molecular flexibility index (Phi) is 6.93. The molecule has 4 rings (SSSR count). The van der Waals surface area contributed by atoms with Crippen molar-refractivity contribution in [3.63, 3.8) is 0 Å². The molecule has 134 valence electrons. The van der Waals surface area contributed by atoms with E-state index < -0.39 is 0 Å². The third-order valence-corrected chi connectivity index (χ3v) is 5.52. The number of benzene rings is 1. The lowest BCUT2D eigenvalue weighted by atomic mass is 9.87. The standard InChI is InChI=1S/C18H25N3O.2ClH/c22-18(17-12-21-10-4-7-14(21)11-19-17)20-16-9-3-6-13-5-1-2-8-15(13)16;;/h1-2,5,8,14,16-17,19H,3-4,6-7,9-12H2,(H,20,22);2*1H/t14?,16-,17?;;/m1../s1. The van der Waals surface area contributed by atoms with E-state index in [4.69, 9.17) is 0 Å². The zero-order valence-electron chi connectivity index (χ0n) is 13.9. The molecule has 4 nitrogen and oxygen atoms in total. The van der Waals surface area contributed by atoms with Crippen LogP contribution in [0.4, 0.5) is 0 Å². The second kappa shape index (κ2) is 8.52. The quantitative estimate of drug-likeness (QED) is 0.838. The number of piperazine rings is 1. The number of carbonyl (C=O) groups excluding carboxylic acids is 1. The third kappa shape index (κ3) is 3.88. The zero-order valence-corrected chi connectivity index (χ0v) is 15.5. The molecule has 1 aromatic carbocycles. The molecule has 6 heteroatoms. The molecule has 24 heavy (non-hydrogen) atoms. The summed E-state index contributed by atoms with van der Waals surface area (Å²) in [5, 5.41) is 6.75. The first kappa shape index (κ1) is 19.5. The summed E-state index contributed by atoms with van der Waals surface area (Å²) in [6.45, 7) is 2.98. The summed E-state index contributed by atoms with van der Waals surface area (Å²) in [5.74, 6) is 0.173. The van der Waals surface area contributed by atoms with Crippen LogP contribution in [-0.2, 0) is 11.2 Å². The van der Waals surface area contributed by atoms with Crippen molar-refractivity contribution in [1.82, 2.24) is 15.5 Å². The summed E-state index contributed by atoms with van der Waals surface area (Å²) in [4.78, 5) is 15.1. The second-order valence-corrected chi connectivity index (χ2v) is 6.90. The Bertz CT molecular complexity index is 569. The first-order chi connectivity index (χ1) is 10.8. The Hall–Kier alpha value is -0.810. The van der Waals surface area contributed by atoms with Crippen LogP contribution < -0.4 is 10.6 Å². The number of halogens is 2. The van der Waals surface area contributed by atoms with Gasteiger partial charge in [0.05, 0.1) is 12.1 Å². The van der Waals surface area contributed by atoms with Gasteiger partial charge in [0.1, 0.15) is 0 Å². The van der Waals surface area contributed by atoms with Crippen LogP contribution in [0.2, 0.25) is 0 Å². The summed E-state index contributed by atoms with van der Waals surface area (Å²) in [5.41, 5.74) is 2.72. The Balaban J connectivity index is 0.00000104. The first-order valence-corrected chi connectivity index (χ1v) is 8.67. The van der Waals surface area contributed by atoms with Gasteiger partial charge >= 0.3 is 0 Å². The molecule has 3 atom stereocenters. The molecule has 2 saturated heterocycles. The van der Waals surface area contributed by atoms with Gasteiger partial charge in [0, 0.05) is 19.1 Å². The first-order valence-electron chi connectivity index (χ1n) is 8.67. The molecule has 0 aromatic heterocycles. The topological polar surface area (TPSA) is 44.4 Å². The molecule has 2 unspecified atom stereocenters. The summed E-state index contributed by atoms with van der Waals surface area (Å²) < 4.78 is 0. The highest BCUT2D eigenvalue weighted by molar-refractivity contribution is 5.85. The molecule has 2 N–H and O–H groups in total. The van der Waals surface area contributed by atoms with Crippen LogP contribution >= 0.6 is 24.8 Å². The maximum absolute atomic E-state index is 12.7. The molecular formula is C18H27Cl2N3O. The maximum atomic E-state index is 12.7. The van der Waals surface area contributed by atoms with E-state index in [1.165, 1.54) is 24.0 Å². The van der Waals surface area contributed by atoms with Gasteiger partial charge in [-0.1, -0.05) is 24.3 Å². The van der Waals surface area contributed by atoms with Crippen LogP contribution in [-0.4, -0.2) is 42.5 Å². The van der Waals surface area contributed by atoms with Crippen molar-refractivity contribution in [2.24, 2.45) is 0 Å². The van der Waals surface area contributed by atoms with Crippen LogP contribution in [0.3, 0.4) is 0 Å². The van der Waals surface area contributed by atoms with Crippen molar-refractivity contribution in [3.05, 3.63) is 35.4 Å². The highest BCUT2D eigenvalue weighted by Crippen LogP contribution is 2.29. The Morgan fingerprint density at radius 3 is 2.88 bits per heavy atom. The van der Waals surface area contributed by atoms with Crippen molar-refractivity contribution >= 4 is 30.7 Å². The minimum absolute atomic E-state index is 0. The smallest absolute Gasteiger partial charge is 0.238 e. The average molecular weight is 372 g/mol. The molecule has 2 aliphatic heterocycles. The predicted octanol–water partition coefficient (Wildman–Crippen LogP) is 2.46. The predicted molar refractivity (Wildman–Crippen MR) is 101 cm³/mol. The molecule has 2 heterocycles. The SMILES string of the molecule is Cl.Cl.O=C(N[C@@H]1CCCc2ccccc21)C1CN2CCCC2CN1. The zero-order chi connectivity index (χ0) is 14.9. The van der Waals surface area contributed by atoms with Crippen molar-refractivity contribution in [2.45, 2.75) is 50.2 Å². The number of hydrogen-bond donors (Lipinski definition) is 2. The van der Waals surface area contributed by atoms with Crippen molar-refractivity contribution in [3.8, 4) is 0 Å². The van der Waals surface area contributed by atoms with Gasteiger partial charge in [0.2, 0.25) is 5.91 Å². The Labute approximate surface area is 156 Å². The monoisotopic (exact) mass is 371 g/mol. The normalized spacial score (nSPS) is 28.8. The molecule has 2 fully saturated rings. The summed E-state index contributed by atoms with van der Waals surface area (Å²) in [6, 6.07) is 9.33. The number of rotatable bonds is 2. The largest absolute Gasteiger partial charge is 0.348 e. The molecule has 0 spiro atoms. The van der Waals surface area contributed by atoms with Crippen LogP contribution in [0.15, 0.2) is 24.3 Å². The fourth-order valence-corrected chi connectivity index (χ4v) is 4.30. The van der Waals surface area contributed by atoms with Crippen LogP contribution in [0.5, 0.6) is 0 Å². The van der Waals surface area contributed by atoms with Gasteiger partial charge in [0.15, 0.2) is 0 Å². The van der Waals surface area contributed by atoms with Crippen LogP contribution in [0, 0.1) is 0 Å². The Morgan fingerprint density at radius 1 is 1.17 bits per heavy atom. The number of nitrogens with zero attached hydrogens (tertiary/aromatic N) is 1. The van der Waals surface area contributed by atoms with Crippen LogP contribution in [0.1, 0.15) is 42.9 Å². The van der Waals surface area contributed by atoms with Gasteiger partial charge < -0.3 is 10.6 Å². The van der Waals surface area contributed by atoms with Gasteiger partial charge in [0.25, 0.3) is 0 Å². The van der Waals surface area contributed by atoms with E-state index in [9.17, 15) is 4.79 Å². The summed E-state index contributed by atoms with van der Waals surface area (Å²) in [7, 11) is 0. The molecule has 1 aliphatic carbocycles.